The Morgan fingerprint density at radius 1 is 1.00 bits per heavy atom. The van der Waals surface area contributed by atoms with Gasteiger partial charge in [-0.05, 0) is 31.6 Å². The van der Waals surface area contributed by atoms with Gasteiger partial charge in [-0.1, -0.05) is 33.1 Å². The Bertz CT molecular complexity index is 384. The Kier molecular flexibility index (Phi) is 11.0. The first-order valence-corrected chi connectivity index (χ1v) is 9.28. The van der Waals surface area contributed by atoms with E-state index in [1.54, 1.807) is 0 Å². The second-order valence-corrected chi connectivity index (χ2v) is 6.87. The number of hydrogen-bond donors (Lipinski definition) is 1. The smallest absolute Gasteiger partial charge is 0.450 e. The van der Waals surface area contributed by atoms with Crippen LogP contribution in [0.4, 0.5) is 9.59 Å². The maximum atomic E-state index is 11.6. The van der Waals surface area contributed by atoms with Gasteiger partial charge in [-0.25, -0.2) is 9.59 Å². The molecule has 2 unspecified atom stereocenters. The van der Waals surface area contributed by atoms with Gasteiger partial charge < -0.3 is 24.1 Å². The average molecular weight is 360 g/mol. The van der Waals surface area contributed by atoms with Crippen molar-refractivity contribution in [3.63, 3.8) is 0 Å². The van der Waals surface area contributed by atoms with Crippen molar-refractivity contribution in [1.29, 1.82) is 0 Å². The first-order chi connectivity index (χ1) is 12.0. The lowest BCUT2D eigenvalue weighted by Crippen LogP contribution is -2.31. The van der Waals surface area contributed by atoms with Crippen molar-refractivity contribution in [2.45, 2.75) is 77.4 Å². The molecule has 0 spiro atoms. The van der Waals surface area contributed by atoms with E-state index in [0.717, 1.165) is 25.2 Å². The van der Waals surface area contributed by atoms with Gasteiger partial charge in [-0.3, -0.25) is 0 Å². The molecule has 1 saturated carbocycles. The van der Waals surface area contributed by atoms with Gasteiger partial charge in [0.1, 0.15) is 18.8 Å². The Morgan fingerprint density at radius 2 is 1.72 bits per heavy atom. The normalized spacial score (nSPS) is 20.3. The monoisotopic (exact) mass is 360 g/mol. The Labute approximate surface area is 150 Å². The Morgan fingerprint density at radius 3 is 2.40 bits per heavy atom. The first-order valence-electron chi connectivity index (χ1n) is 9.28. The summed E-state index contributed by atoms with van der Waals surface area (Å²) in [5.74, 6) is 0.746. The molecule has 1 N–H and O–H groups in total. The fraction of sp³-hybridized carbons (Fsp3) is 0.889. The molecule has 0 bridgehead atoms. The third-order valence-electron chi connectivity index (χ3n) is 4.13. The quantitative estimate of drug-likeness (QED) is 0.432. The summed E-state index contributed by atoms with van der Waals surface area (Å²) in [5.41, 5.74) is 0. The average Bonchev–Trinajstić information content (AvgIpc) is 2.52. The largest absolute Gasteiger partial charge is 0.508 e. The second-order valence-electron chi connectivity index (χ2n) is 6.87. The maximum Gasteiger partial charge on any atom is 0.508 e. The highest BCUT2D eigenvalue weighted by Gasteiger charge is 2.27. The molecule has 1 aliphatic carbocycles. The van der Waals surface area contributed by atoms with Crippen LogP contribution < -0.4 is 0 Å². The van der Waals surface area contributed by atoms with E-state index in [0.29, 0.717) is 32.5 Å². The first kappa shape index (κ1) is 21.5. The van der Waals surface area contributed by atoms with Crippen LogP contribution in [0.15, 0.2) is 0 Å². The lowest BCUT2D eigenvalue weighted by atomic mass is 9.95. The molecule has 146 valence electrons. The molecular formula is C18H32O7. The molecule has 0 aromatic rings. The van der Waals surface area contributed by atoms with Crippen LogP contribution in [0.25, 0.3) is 0 Å². The second kappa shape index (κ2) is 12.8. The molecule has 0 heterocycles. The lowest BCUT2D eigenvalue weighted by molar-refractivity contribution is -0.0330. The summed E-state index contributed by atoms with van der Waals surface area (Å²) in [6.07, 6.45) is 4.34. The van der Waals surface area contributed by atoms with Crippen LogP contribution in [0.2, 0.25) is 0 Å². The van der Waals surface area contributed by atoms with Gasteiger partial charge in [0.05, 0.1) is 6.61 Å². The van der Waals surface area contributed by atoms with E-state index in [4.69, 9.17) is 24.1 Å². The van der Waals surface area contributed by atoms with Crippen LogP contribution in [-0.4, -0.2) is 49.4 Å². The van der Waals surface area contributed by atoms with Gasteiger partial charge in [0.15, 0.2) is 0 Å². The van der Waals surface area contributed by atoms with Crippen molar-refractivity contribution in [3.05, 3.63) is 0 Å². The van der Waals surface area contributed by atoms with Gasteiger partial charge in [-0.2, -0.15) is 0 Å². The Balaban J connectivity index is 1.99. The van der Waals surface area contributed by atoms with Crippen LogP contribution in [0.5, 0.6) is 0 Å². The van der Waals surface area contributed by atoms with Crippen LogP contribution in [0, 0.1) is 5.92 Å². The van der Waals surface area contributed by atoms with Crippen molar-refractivity contribution in [2.24, 2.45) is 5.92 Å². The number of hydrogen-bond acceptors (Lipinski definition) is 6. The summed E-state index contributed by atoms with van der Waals surface area (Å²) in [4.78, 5) is 22.2. The topological polar surface area (TPSA) is 91.3 Å². The predicted octanol–water partition coefficient (Wildman–Crippen LogP) is 4.38. The fourth-order valence-electron chi connectivity index (χ4n) is 2.85. The number of carbonyl (C=O) groups excluding carboxylic acids is 1. The minimum Gasteiger partial charge on any atom is -0.450 e. The fourth-order valence-corrected chi connectivity index (χ4v) is 2.85. The number of rotatable bonds is 11. The summed E-state index contributed by atoms with van der Waals surface area (Å²) in [6, 6.07) is 0. The molecule has 0 saturated heterocycles. The molecular weight excluding hydrogens is 328 g/mol. The van der Waals surface area contributed by atoms with Crippen LogP contribution >= 0.6 is 0 Å². The molecule has 1 fully saturated rings. The highest BCUT2D eigenvalue weighted by molar-refractivity contribution is 5.60. The number of ether oxygens (including phenoxy) is 4. The van der Waals surface area contributed by atoms with E-state index in [1.165, 1.54) is 12.8 Å². The third-order valence-corrected chi connectivity index (χ3v) is 4.13. The standard InChI is InChI=1S/C18H32O7/c1-14(2)7-4-3-5-10-22-11-12-23-18(21)25-16-9-6-8-15(13-16)24-17(19)20/h14-16H,3-13H2,1-2H3,(H,19,20). The van der Waals surface area contributed by atoms with Gasteiger partial charge in [-0.15, -0.1) is 0 Å². The number of carboxylic acid groups (broad SMARTS) is 1. The molecule has 0 aromatic carbocycles. The van der Waals surface area contributed by atoms with Gasteiger partial charge in [0.2, 0.25) is 0 Å². The van der Waals surface area contributed by atoms with Crippen molar-refractivity contribution in [3.8, 4) is 0 Å². The van der Waals surface area contributed by atoms with Crippen LogP contribution in [-0.2, 0) is 18.9 Å². The van der Waals surface area contributed by atoms with Crippen molar-refractivity contribution < 1.29 is 33.6 Å². The molecule has 25 heavy (non-hydrogen) atoms. The zero-order chi connectivity index (χ0) is 18.5. The minimum atomic E-state index is -1.30. The van der Waals surface area contributed by atoms with E-state index < -0.39 is 18.4 Å². The van der Waals surface area contributed by atoms with E-state index in [-0.39, 0.29) is 12.7 Å². The van der Waals surface area contributed by atoms with Gasteiger partial charge in [0, 0.05) is 13.0 Å². The highest BCUT2D eigenvalue weighted by atomic mass is 16.7. The molecule has 7 nitrogen and oxygen atoms in total. The number of unbranched alkanes of at least 4 members (excludes halogenated alkanes) is 2. The Hall–Kier alpha value is -1.50. The van der Waals surface area contributed by atoms with E-state index in [1.807, 2.05) is 0 Å². The summed E-state index contributed by atoms with van der Waals surface area (Å²) in [5, 5.41) is 8.62. The minimum absolute atomic E-state index is 0.159. The van der Waals surface area contributed by atoms with Crippen molar-refractivity contribution in [2.75, 3.05) is 19.8 Å². The number of carbonyl (C=O) groups is 2. The summed E-state index contributed by atoms with van der Waals surface area (Å²) in [7, 11) is 0. The molecule has 2 atom stereocenters. The van der Waals surface area contributed by atoms with E-state index in [9.17, 15) is 9.59 Å². The summed E-state index contributed by atoms with van der Waals surface area (Å²) < 4.78 is 20.3. The van der Waals surface area contributed by atoms with Gasteiger partial charge >= 0.3 is 12.3 Å². The predicted molar refractivity (Wildman–Crippen MR) is 91.7 cm³/mol. The maximum absolute atomic E-state index is 11.6. The zero-order valence-corrected chi connectivity index (χ0v) is 15.4. The van der Waals surface area contributed by atoms with Crippen molar-refractivity contribution >= 4 is 12.3 Å². The molecule has 0 radical (unpaired) electrons. The molecule has 0 amide bonds. The zero-order valence-electron chi connectivity index (χ0n) is 15.4. The lowest BCUT2D eigenvalue weighted by Gasteiger charge is -2.27. The molecule has 7 heteroatoms. The highest BCUT2D eigenvalue weighted by Crippen LogP contribution is 2.24. The molecule has 0 aliphatic heterocycles. The summed E-state index contributed by atoms with van der Waals surface area (Å²) in [6.45, 7) is 5.63. The SMILES string of the molecule is CC(C)CCCCCOCCOC(=O)OC1CCCC(OC(=O)O)C1. The van der Waals surface area contributed by atoms with Gasteiger partial charge in [0.25, 0.3) is 0 Å². The molecule has 1 rings (SSSR count). The summed E-state index contributed by atoms with van der Waals surface area (Å²) >= 11 is 0. The van der Waals surface area contributed by atoms with E-state index in [2.05, 4.69) is 13.8 Å². The van der Waals surface area contributed by atoms with Crippen molar-refractivity contribution in [1.82, 2.24) is 0 Å². The molecule has 0 aromatic heterocycles. The van der Waals surface area contributed by atoms with Crippen LogP contribution in [0.3, 0.4) is 0 Å². The van der Waals surface area contributed by atoms with E-state index >= 15 is 0 Å². The molecule has 1 aliphatic rings. The van der Waals surface area contributed by atoms with Crippen LogP contribution in [0.1, 0.15) is 65.2 Å². The third kappa shape index (κ3) is 11.6.